The average Bonchev–Trinajstić information content (AvgIpc) is 2.84. The van der Waals surface area contributed by atoms with Crippen LogP contribution in [0.4, 0.5) is 4.79 Å². The summed E-state index contributed by atoms with van der Waals surface area (Å²) in [6, 6.07) is 4.66. The molecule has 1 aromatic carbocycles. The lowest BCUT2D eigenvalue weighted by molar-refractivity contribution is -0.266. The molecule has 12 nitrogen and oxygen atoms in total. The predicted octanol–water partition coefficient (Wildman–Crippen LogP) is 1.90. The van der Waals surface area contributed by atoms with Gasteiger partial charge in [-0.3, -0.25) is 9.59 Å². The standard InChI is InChI=1S/C24H33ClN2O10/c1-13-19(34-14(2)28)21(35-15(3)29)23(37-20(13)22(30)32-6)36-18-8-7-16(11-17(18)25)12-33-24(31)27(5)10-9-26-4/h7-8,11,13,19-21,23,26H,9-10,12H2,1-6H3/t13-,19-,20-,21+,23+/m0/s1. The topological polar surface area (TPSA) is 139 Å². The van der Waals surface area contributed by atoms with Crippen LogP contribution in [0.3, 0.4) is 0 Å². The third-order valence-corrected chi connectivity index (χ3v) is 5.81. The molecular weight excluding hydrogens is 512 g/mol. The Morgan fingerprint density at radius 3 is 2.32 bits per heavy atom. The van der Waals surface area contributed by atoms with Gasteiger partial charge in [0, 0.05) is 39.9 Å². The summed E-state index contributed by atoms with van der Waals surface area (Å²) < 4.78 is 32.5. The molecule has 0 aliphatic carbocycles. The van der Waals surface area contributed by atoms with E-state index < -0.39 is 54.5 Å². The molecule has 1 fully saturated rings. The van der Waals surface area contributed by atoms with Gasteiger partial charge < -0.3 is 38.6 Å². The Balaban J connectivity index is 2.23. The van der Waals surface area contributed by atoms with Gasteiger partial charge in [0.2, 0.25) is 12.4 Å². The molecule has 0 bridgehead atoms. The van der Waals surface area contributed by atoms with Crippen LogP contribution in [0.2, 0.25) is 5.02 Å². The van der Waals surface area contributed by atoms with Crippen LogP contribution in [0, 0.1) is 5.92 Å². The molecule has 1 amide bonds. The van der Waals surface area contributed by atoms with E-state index in [9.17, 15) is 19.2 Å². The quantitative estimate of drug-likeness (QED) is 0.341. The fourth-order valence-electron chi connectivity index (χ4n) is 3.61. The number of halogens is 1. The number of hydrogen-bond donors (Lipinski definition) is 1. The minimum absolute atomic E-state index is 0.0326. The molecule has 206 valence electrons. The van der Waals surface area contributed by atoms with E-state index in [4.69, 9.17) is 40.0 Å². The van der Waals surface area contributed by atoms with Gasteiger partial charge in [-0.2, -0.15) is 0 Å². The predicted molar refractivity (Wildman–Crippen MR) is 130 cm³/mol. The first-order chi connectivity index (χ1) is 17.5. The highest BCUT2D eigenvalue weighted by Gasteiger charge is 2.52. The van der Waals surface area contributed by atoms with E-state index in [0.29, 0.717) is 18.7 Å². The zero-order valence-electron chi connectivity index (χ0n) is 21.6. The van der Waals surface area contributed by atoms with Gasteiger partial charge in [0.1, 0.15) is 12.4 Å². The Labute approximate surface area is 220 Å². The molecule has 2 rings (SSSR count). The lowest BCUT2D eigenvalue weighted by Gasteiger charge is -2.42. The Hall–Kier alpha value is -3.09. The lowest BCUT2D eigenvalue weighted by Crippen LogP contribution is -2.60. The van der Waals surface area contributed by atoms with E-state index in [1.54, 1.807) is 27.1 Å². The number of ether oxygens (including phenoxy) is 6. The minimum Gasteiger partial charge on any atom is -0.467 e. The van der Waals surface area contributed by atoms with Gasteiger partial charge in [0.05, 0.1) is 12.1 Å². The number of carbonyl (C=O) groups is 4. The number of methoxy groups -OCH3 is 1. The first-order valence-corrected chi connectivity index (χ1v) is 11.9. The van der Waals surface area contributed by atoms with Crippen molar-refractivity contribution >= 4 is 35.6 Å². The van der Waals surface area contributed by atoms with Gasteiger partial charge in [-0.05, 0) is 24.7 Å². The Bertz CT molecular complexity index is 975. The second-order valence-corrected chi connectivity index (χ2v) is 8.82. The van der Waals surface area contributed by atoms with Crippen molar-refractivity contribution in [3.63, 3.8) is 0 Å². The van der Waals surface area contributed by atoms with Crippen molar-refractivity contribution in [2.45, 2.75) is 52.0 Å². The fourth-order valence-corrected chi connectivity index (χ4v) is 3.86. The second-order valence-electron chi connectivity index (χ2n) is 8.42. The summed E-state index contributed by atoms with van der Waals surface area (Å²) in [6.45, 7) is 5.04. The fraction of sp³-hybridized carbons (Fsp3) is 0.583. The van der Waals surface area contributed by atoms with Crippen LogP contribution in [0.15, 0.2) is 18.2 Å². The normalized spacial score (nSPS) is 22.9. The first-order valence-electron chi connectivity index (χ1n) is 11.5. The smallest absolute Gasteiger partial charge is 0.409 e. The van der Waals surface area contributed by atoms with Crippen LogP contribution in [-0.2, 0) is 44.7 Å². The van der Waals surface area contributed by atoms with E-state index in [1.807, 2.05) is 0 Å². The number of nitrogens with zero attached hydrogens (tertiary/aromatic N) is 1. The van der Waals surface area contributed by atoms with Gasteiger partial charge in [0.15, 0.2) is 12.2 Å². The molecule has 0 aromatic heterocycles. The summed E-state index contributed by atoms with van der Waals surface area (Å²) in [4.78, 5) is 49.5. The number of rotatable bonds is 10. The van der Waals surface area contributed by atoms with Crippen molar-refractivity contribution < 1.29 is 47.6 Å². The molecule has 0 radical (unpaired) electrons. The third-order valence-electron chi connectivity index (χ3n) is 5.52. The number of likely N-dealkylation sites (N-methyl/N-ethyl adjacent to an activating group) is 2. The van der Waals surface area contributed by atoms with Gasteiger partial charge in [-0.15, -0.1) is 0 Å². The van der Waals surface area contributed by atoms with Gasteiger partial charge in [-0.1, -0.05) is 24.6 Å². The van der Waals surface area contributed by atoms with Crippen molar-refractivity contribution in [1.82, 2.24) is 10.2 Å². The molecule has 0 spiro atoms. The lowest BCUT2D eigenvalue weighted by atomic mass is 9.90. The van der Waals surface area contributed by atoms with Crippen LogP contribution in [0.5, 0.6) is 5.75 Å². The first kappa shape index (κ1) is 30.1. The monoisotopic (exact) mass is 544 g/mol. The van der Waals surface area contributed by atoms with Crippen molar-refractivity contribution in [2.24, 2.45) is 5.92 Å². The second kappa shape index (κ2) is 14.0. The molecule has 13 heteroatoms. The summed E-state index contributed by atoms with van der Waals surface area (Å²) in [7, 11) is 4.59. The highest BCUT2D eigenvalue weighted by Crippen LogP contribution is 2.35. The van der Waals surface area contributed by atoms with E-state index in [1.165, 1.54) is 38.0 Å². The van der Waals surface area contributed by atoms with Crippen LogP contribution < -0.4 is 10.1 Å². The van der Waals surface area contributed by atoms with Crippen LogP contribution in [0.1, 0.15) is 26.3 Å². The molecule has 1 heterocycles. The average molecular weight is 545 g/mol. The molecule has 1 aliphatic heterocycles. The van der Waals surface area contributed by atoms with Crippen molar-refractivity contribution in [3.8, 4) is 5.75 Å². The van der Waals surface area contributed by atoms with E-state index in [0.717, 1.165) is 0 Å². The van der Waals surface area contributed by atoms with Crippen molar-refractivity contribution in [1.29, 1.82) is 0 Å². The summed E-state index contributed by atoms with van der Waals surface area (Å²) in [6.07, 6.45) is -5.31. The number of hydrogen-bond acceptors (Lipinski definition) is 11. The van der Waals surface area contributed by atoms with E-state index in [2.05, 4.69) is 5.32 Å². The maximum absolute atomic E-state index is 12.4. The summed E-state index contributed by atoms with van der Waals surface area (Å²) in [5.74, 6) is -2.63. The number of benzene rings is 1. The molecule has 0 unspecified atom stereocenters. The maximum atomic E-state index is 12.4. The molecular formula is C24H33ClN2O10. The Morgan fingerprint density at radius 2 is 1.76 bits per heavy atom. The highest BCUT2D eigenvalue weighted by molar-refractivity contribution is 6.32. The summed E-state index contributed by atoms with van der Waals surface area (Å²) >= 11 is 6.40. The molecule has 37 heavy (non-hydrogen) atoms. The number of nitrogens with one attached hydrogen (secondary N) is 1. The minimum atomic E-state index is -1.37. The van der Waals surface area contributed by atoms with Crippen LogP contribution in [0.25, 0.3) is 0 Å². The summed E-state index contributed by atoms with van der Waals surface area (Å²) in [5, 5.41) is 3.08. The van der Waals surface area contributed by atoms with Gasteiger partial charge in [0.25, 0.3) is 0 Å². The molecule has 5 atom stereocenters. The molecule has 1 aliphatic rings. The molecule has 1 saturated heterocycles. The Kier molecular flexibility index (Phi) is 11.4. The highest BCUT2D eigenvalue weighted by atomic mass is 35.5. The summed E-state index contributed by atoms with van der Waals surface area (Å²) in [5.41, 5.74) is 0.590. The van der Waals surface area contributed by atoms with E-state index in [-0.39, 0.29) is 17.4 Å². The number of amides is 1. The SMILES string of the molecule is CNCCN(C)C(=O)OCc1ccc(O[C@@H]2O[C@H](C(=O)OC)[C@@H](C)[C@H](OC(C)=O)[C@H]2OC(C)=O)c(Cl)c1. The molecule has 1 N–H and O–H groups in total. The zero-order valence-corrected chi connectivity index (χ0v) is 22.4. The molecule has 0 saturated carbocycles. The Morgan fingerprint density at radius 1 is 1.11 bits per heavy atom. The molecule has 1 aromatic rings. The third kappa shape index (κ3) is 8.48. The number of carbonyl (C=O) groups excluding carboxylic acids is 4. The maximum Gasteiger partial charge on any atom is 0.409 e. The van der Waals surface area contributed by atoms with Crippen LogP contribution in [-0.4, -0.2) is 87.8 Å². The van der Waals surface area contributed by atoms with E-state index >= 15 is 0 Å². The largest absolute Gasteiger partial charge is 0.467 e. The van der Waals surface area contributed by atoms with Crippen LogP contribution >= 0.6 is 11.6 Å². The van der Waals surface area contributed by atoms with Crippen molar-refractivity contribution in [2.75, 3.05) is 34.3 Å². The van der Waals surface area contributed by atoms with Gasteiger partial charge >= 0.3 is 24.0 Å². The van der Waals surface area contributed by atoms with Crippen molar-refractivity contribution in [3.05, 3.63) is 28.8 Å². The van der Waals surface area contributed by atoms with Gasteiger partial charge in [-0.25, -0.2) is 9.59 Å². The zero-order chi connectivity index (χ0) is 27.7. The number of esters is 3.